The molecule has 0 aromatic heterocycles. The molecule has 1 atom stereocenters. The maximum absolute atomic E-state index is 12.6. The zero-order chi connectivity index (χ0) is 21.4. The highest BCUT2D eigenvalue weighted by Gasteiger charge is 2.26. The molecule has 3 aliphatic heterocycles. The van der Waals surface area contributed by atoms with Crippen molar-refractivity contribution >= 4 is 23.3 Å². The molecule has 2 aromatic rings. The maximum Gasteiger partial charge on any atom is 0.315 e. The molecule has 0 unspecified atom stereocenters. The van der Waals surface area contributed by atoms with Crippen LogP contribution in [0, 0.1) is 0 Å². The van der Waals surface area contributed by atoms with Crippen molar-refractivity contribution in [3.8, 4) is 11.5 Å². The van der Waals surface area contributed by atoms with Gasteiger partial charge in [-0.2, -0.15) is 0 Å². The topological polar surface area (TPSA) is 71.1 Å². The molecule has 5 rings (SSSR count). The first-order valence-corrected chi connectivity index (χ1v) is 10.9. The van der Waals surface area contributed by atoms with E-state index in [2.05, 4.69) is 40.2 Å². The Hall–Kier alpha value is -3.06. The lowest BCUT2D eigenvalue weighted by molar-refractivity contribution is -0.131. The van der Waals surface area contributed by atoms with Crippen LogP contribution in [-0.4, -0.2) is 55.6 Å². The van der Waals surface area contributed by atoms with E-state index in [1.54, 1.807) is 6.07 Å². The molecule has 0 spiro atoms. The van der Waals surface area contributed by atoms with Gasteiger partial charge in [-0.05, 0) is 49.6 Å². The van der Waals surface area contributed by atoms with Crippen LogP contribution in [0.15, 0.2) is 36.4 Å². The molecule has 162 valence electrons. The van der Waals surface area contributed by atoms with Gasteiger partial charge >= 0.3 is 5.97 Å². The Labute approximate surface area is 181 Å². The van der Waals surface area contributed by atoms with E-state index in [9.17, 15) is 9.59 Å². The van der Waals surface area contributed by atoms with Gasteiger partial charge in [0.2, 0.25) is 5.91 Å². The number of rotatable bonds is 4. The van der Waals surface area contributed by atoms with Crippen LogP contribution in [0.25, 0.3) is 0 Å². The number of nitrogens with one attached hydrogen (secondary N) is 1. The van der Waals surface area contributed by atoms with Gasteiger partial charge < -0.3 is 19.7 Å². The standard InChI is InChI=1S/C24H27N3O4/c1-16-14-27(20-6-7-21-17(11-20)3-2-10-30-21)9-8-26(16)15-23(28)25-19-5-4-18-12-24(29)31-22(18)13-19/h4-7,11,13,16H,2-3,8-10,12,14-15H2,1H3,(H,25,28)/t16-/m1/s1. The maximum atomic E-state index is 12.6. The number of benzene rings is 2. The van der Waals surface area contributed by atoms with Crippen molar-refractivity contribution < 1.29 is 19.1 Å². The van der Waals surface area contributed by atoms with E-state index in [1.807, 2.05) is 12.1 Å². The molecule has 3 aliphatic rings. The first-order chi connectivity index (χ1) is 15.0. The van der Waals surface area contributed by atoms with E-state index in [0.29, 0.717) is 24.4 Å². The van der Waals surface area contributed by atoms with Crippen molar-refractivity contribution in [3.63, 3.8) is 0 Å². The monoisotopic (exact) mass is 421 g/mol. The average Bonchev–Trinajstić information content (AvgIpc) is 3.14. The van der Waals surface area contributed by atoms with Crippen LogP contribution in [0.5, 0.6) is 11.5 Å². The number of aryl methyl sites for hydroxylation is 1. The molecule has 0 saturated carbocycles. The number of hydrogen-bond acceptors (Lipinski definition) is 6. The number of ether oxygens (including phenoxy) is 2. The molecular formula is C24H27N3O4. The molecule has 1 amide bonds. The molecule has 0 bridgehead atoms. The molecular weight excluding hydrogens is 394 g/mol. The molecule has 1 saturated heterocycles. The fraction of sp³-hybridized carbons (Fsp3) is 0.417. The molecule has 0 aliphatic carbocycles. The summed E-state index contributed by atoms with van der Waals surface area (Å²) in [5.74, 6) is 1.24. The number of nitrogens with zero attached hydrogens (tertiary/aromatic N) is 2. The number of fused-ring (bicyclic) bond motifs is 2. The van der Waals surface area contributed by atoms with Crippen LogP contribution in [0.2, 0.25) is 0 Å². The van der Waals surface area contributed by atoms with Crippen LogP contribution in [0.4, 0.5) is 11.4 Å². The fourth-order valence-electron chi connectivity index (χ4n) is 4.58. The molecule has 7 heteroatoms. The normalized spacial score (nSPS) is 20.5. The summed E-state index contributed by atoms with van der Waals surface area (Å²) in [5, 5.41) is 2.93. The number of amides is 1. The Morgan fingerprint density at radius 1 is 1.13 bits per heavy atom. The Morgan fingerprint density at radius 2 is 2.03 bits per heavy atom. The average molecular weight is 421 g/mol. The third kappa shape index (κ3) is 4.23. The molecule has 31 heavy (non-hydrogen) atoms. The van der Waals surface area contributed by atoms with Crippen LogP contribution < -0.4 is 19.7 Å². The minimum atomic E-state index is -0.253. The zero-order valence-electron chi connectivity index (χ0n) is 17.7. The minimum absolute atomic E-state index is 0.0597. The minimum Gasteiger partial charge on any atom is -0.493 e. The first-order valence-electron chi connectivity index (χ1n) is 10.9. The van der Waals surface area contributed by atoms with E-state index in [1.165, 1.54) is 11.3 Å². The van der Waals surface area contributed by atoms with Gasteiger partial charge in [-0.1, -0.05) is 6.07 Å². The molecule has 1 N–H and O–H groups in total. The van der Waals surface area contributed by atoms with Crippen LogP contribution in [-0.2, 0) is 22.4 Å². The van der Waals surface area contributed by atoms with Gasteiger partial charge in [0.1, 0.15) is 11.5 Å². The quantitative estimate of drug-likeness (QED) is 0.605. The van der Waals surface area contributed by atoms with Gasteiger partial charge in [0, 0.05) is 48.7 Å². The van der Waals surface area contributed by atoms with Crippen LogP contribution in [0.1, 0.15) is 24.5 Å². The third-order valence-electron chi connectivity index (χ3n) is 6.28. The Morgan fingerprint density at radius 3 is 2.90 bits per heavy atom. The smallest absolute Gasteiger partial charge is 0.315 e. The lowest BCUT2D eigenvalue weighted by Gasteiger charge is -2.41. The molecule has 7 nitrogen and oxygen atoms in total. The first kappa shape index (κ1) is 19.9. The lowest BCUT2D eigenvalue weighted by atomic mass is 10.0. The number of carbonyl (C=O) groups excluding carboxylic acids is 2. The second-order valence-corrected chi connectivity index (χ2v) is 8.53. The predicted molar refractivity (Wildman–Crippen MR) is 118 cm³/mol. The second-order valence-electron chi connectivity index (χ2n) is 8.53. The summed E-state index contributed by atoms with van der Waals surface area (Å²) in [4.78, 5) is 28.6. The van der Waals surface area contributed by atoms with Crippen molar-refractivity contribution in [2.75, 3.05) is 43.0 Å². The number of hydrogen-bond donors (Lipinski definition) is 1. The van der Waals surface area contributed by atoms with Gasteiger partial charge in [-0.3, -0.25) is 14.5 Å². The van der Waals surface area contributed by atoms with Gasteiger partial charge in [-0.15, -0.1) is 0 Å². The molecule has 2 aromatic carbocycles. The zero-order valence-corrected chi connectivity index (χ0v) is 17.7. The van der Waals surface area contributed by atoms with Crippen molar-refractivity contribution in [3.05, 3.63) is 47.5 Å². The summed E-state index contributed by atoms with van der Waals surface area (Å²) in [6.45, 7) is 5.89. The summed E-state index contributed by atoms with van der Waals surface area (Å²) in [7, 11) is 0. The highest BCUT2D eigenvalue weighted by Crippen LogP contribution is 2.31. The highest BCUT2D eigenvalue weighted by molar-refractivity contribution is 5.93. The third-order valence-corrected chi connectivity index (χ3v) is 6.28. The van der Waals surface area contributed by atoms with E-state index in [0.717, 1.165) is 50.4 Å². The Bertz CT molecular complexity index is 1020. The van der Waals surface area contributed by atoms with Gasteiger partial charge in [0.05, 0.1) is 19.6 Å². The number of anilines is 2. The second kappa shape index (κ2) is 8.23. The largest absolute Gasteiger partial charge is 0.493 e. The van der Waals surface area contributed by atoms with Gasteiger partial charge in [-0.25, -0.2) is 0 Å². The number of carbonyl (C=O) groups is 2. The summed E-state index contributed by atoms with van der Waals surface area (Å²) >= 11 is 0. The number of piperazine rings is 1. The Kier molecular flexibility index (Phi) is 5.28. The van der Waals surface area contributed by atoms with E-state index in [-0.39, 0.29) is 17.9 Å². The van der Waals surface area contributed by atoms with Crippen LogP contribution in [0.3, 0.4) is 0 Å². The highest BCUT2D eigenvalue weighted by atomic mass is 16.5. The predicted octanol–water partition coefficient (Wildman–Crippen LogP) is 2.62. The Balaban J connectivity index is 1.17. The SMILES string of the molecule is C[C@@H]1CN(c2ccc3c(c2)CCCO3)CCN1CC(=O)Nc1ccc2c(c1)OC(=O)C2. The molecule has 3 heterocycles. The number of esters is 1. The van der Waals surface area contributed by atoms with Gasteiger partial charge in [0.25, 0.3) is 0 Å². The van der Waals surface area contributed by atoms with Crippen LogP contribution >= 0.6 is 0 Å². The van der Waals surface area contributed by atoms with E-state index in [4.69, 9.17) is 9.47 Å². The summed E-state index contributed by atoms with van der Waals surface area (Å²) in [6, 6.07) is 12.1. The summed E-state index contributed by atoms with van der Waals surface area (Å²) < 4.78 is 10.9. The fourth-order valence-corrected chi connectivity index (χ4v) is 4.58. The molecule has 0 radical (unpaired) electrons. The van der Waals surface area contributed by atoms with Crippen molar-refractivity contribution in [1.82, 2.24) is 4.90 Å². The van der Waals surface area contributed by atoms with E-state index < -0.39 is 0 Å². The van der Waals surface area contributed by atoms with Gasteiger partial charge in [0.15, 0.2) is 0 Å². The van der Waals surface area contributed by atoms with E-state index >= 15 is 0 Å². The van der Waals surface area contributed by atoms with Crippen molar-refractivity contribution in [2.45, 2.75) is 32.2 Å². The lowest BCUT2D eigenvalue weighted by Crippen LogP contribution is -2.53. The van der Waals surface area contributed by atoms with Crippen molar-refractivity contribution in [2.24, 2.45) is 0 Å². The van der Waals surface area contributed by atoms with Crippen molar-refractivity contribution in [1.29, 1.82) is 0 Å². The summed E-state index contributed by atoms with van der Waals surface area (Å²) in [5.41, 5.74) is 4.04. The summed E-state index contributed by atoms with van der Waals surface area (Å²) in [6.07, 6.45) is 2.44. The molecule has 1 fully saturated rings.